The molecule has 1 heterocycles. The maximum atomic E-state index is 11.2. The van der Waals surface area contributed by atoms with Gasteiger partial charge in [0.15, 0.2) is 6.61 Å². The van der Waals surface area contributed by atoms with Crippen molar-refractivity contribution in [1.29, 1.82) is 0 Å². The van der Waals surface area contributed by atoms with Gasteiger partial charge in [0.2, 0.25) is 11.8 Å². The average molecular weight is 230 g/mol. The van der Waals surface area contributed by atoms with E-state index in [1.165, 1.54) is 0 Å². The summed E-state index contributed by atoms with van der Waals surface area (Å²) in [7, 11) is 0. The Balaban J connectivity index is 2.02. The molecule has 1 unspecified atom stereocenters. The Hall–Kier alpha value is -1.14. The van der Waals surface area contributed by atoms with Crippen molar-refractivity contribution >= 4 is 11.8 Å². The molecular formula is C10H18N2O4. The minimum absolute atomic E-state index is 0.177. The molecule has 2 amide bonds. The number of nitrogens with one attached hydrogen (secondary N) is 1. The van der Waals surface area contributed by atoms with Crippen LogP contribution in [0.4, 0.5) is 0 Å². The van der Waals surface area contributed by atoms with E-state index in [1.807, 2.05) is 0 Å². The van der Waals surface area contributed by atoms with Crippen LogP contribution in [0.25, 0.3) is 0 Å². The normalized spacial score (nSPS) is 20.4. The largest absolute Gasteiger partial charge is 0.378 e. The lowest BCUT2D eigenvalue weighted by molar-refractivity contribution is -0.138. The van der Waals surface area contributed by atoms with E-state index in [0.29, 0.717) is 12.8 Å². The van der Waals surface area contributed by atoms with Crippen LogP contribution >= 0.6 is 0 Å². The van der Waals surface area contributed by atoms with Gasteiger partial charge in [-0.2, -0.15) is 0 Å². The fourth-order valence-corrected chi connectivity index (χ4v) is 1.57. The van der Waals surface area contributed by atoms with Gasteiger partial charge in [0.05, 0.1) is 6.10 Å². The number of ether oxygens (including phenoxy) is 1. The van der Waals surface area contributed by atoms with Gasteiger partial charge in [-0.05, 0) is 25.7 Å². The Kier molecular flexibility index (Phi) is 5.81. The molecule has 1 aliphatic heterocycles. The Morgan fingerprint density at radius 2 is 2.25 bits per heavy atom. The summed E-state index contributed by atoms with van der Waals surface area (Å²) >= 11 is 0. The first-order valence-electron chi connectivity index (χ1n) is 5.49. The lowest BCUT2D eigenvalue weighted by atomic mass is 10.0. The maximum Gasteiger partial charge on any atom is 0.246 e. The predicted molar refractivity (Wildman–Crippen MR) is 56.1 cm³/mol. The molecule has 0 aromatic heterocycles. The summed E-state index contributed by atoms with van der Waals surface area (Å²) in [5, 5.41) is 0. The maximum absolute atomic E-state index is 11.2. The first-order chi connectivity index (χ1) is 7.68. The highest BCUT2D eigenvalue weighted by atomic mass is 16.7. The van der Waals surface area contributed by atoms with Crippen LogP contribution in [0.5, 0.6) is 0 Å². The highest BCUT2D eigenvalue weighted by Crippen LogP contribution is 2.16. The summed E-state index contributed by atoms with van der Waals surface area (Å²) in [6, 6.07) is 0. The standard InChI is InChI=1S/C10H18N2O4/c11-9(13)7-16-12-10(14)5-4-8-3-1-2-6-15-8/h8H,1-7H2,(H2,11,13)(H,12,14). The van der Waals surface area contributed by atoms with E-state index < -0.39 is 5.91 Å². The molecule has 0 saturated carbocycles. The third kappa shape index (κ3) is 5.67. The summed E-state index contributed by atoms with van der Waals surface area (Å²) in [6.07, 6.45) is 4.47. The molecule has 1 atom stereocenters. The summed E-state index contributed by atoms with van der Waals surface area (Å²) in [5.74, 6) is -0.869. The molecule has 1 aliphatic rings. The third-order valence-electron chi connectivity index (χ3n) is 2.37. The van der Waals surface area contributed by atoms with Crippen molar-refractivity contribution in [3.8, 4) is 0 Å². The van der Waals surface area contributed by atoms with Crippen molar-refractivity contribution in [2.45, 2.75) is 38.2 Å². The molecule has 0 aromatic carbocycles. The van der Waals surface area contributed by atoms with Crippen molar-refractivity contribution in [2.75, 3.05) is 13.2 Å². The number of amides is 2. The van der Waals surface area contributed by atoms with E-state index in [-0.39, 0.29) is 18.6 Å². The van der Waals surface area contributed by atoms with Gasteiger partial charge < -0.3 is 10.5 Å². The van der Waals surface area contributed by atoms with Crippen LogP contribution in [-0.2, 0) is 19.2 Å². The summed E-state index contributed by atoms with van der Waals surface area (Å²) < 4.78 is 5.48. The van der Waals surface area contributed by atoms with Crippen LogP contribution < -0.4 is 11.2 Å². The zero-order valence-corrected chi connectivity index (χ0v) is 9.24. The molecule has 1 saturated heterocycles. The molecule has 0 aliphatic carbocycles. The number of hydroxylamine groups is 1. The number of primary amides is 1. The van der Waals surface area contributed by atoms with Gasteiger partial charge in [-0.3, -0.25) is 14.4 Å². The minimum Gasteiger partial charge on any atom is -0.378 e. The van der Waals surface area contributed by atoms with Crippen molar-refractivity contribution in [3.63, 3.8) is 0 Å². The van der Waals surface area contributed by atoms with E-state index in [0.717, 1.165) is 25.9 Å². The molecule has 6 heteroatoms. The smallest absolute Gasteiger partial charge is 0.246 e. The van der Waals surface area contributed by atoms with Crippen molar-refractivity contribution in [1.82, 2.24) is 5.48 Å². The first-order valence-corrected chi connectivity index (χ1v) is 5.49. The lowest BCUT2D eigenvalue weighted by Crippen LogP contribution is -2.30. The van der Waals surface area contributed by atoms with E-state index in [4.69, 9.17) is 10.5 Å². The van der Waals surface area contributed by atoms with Gasteiger partial charge >= 0.3 is 0 Å². The van der Waals surface area contributed by atoms with Crippen molar-refractivity contribution in [3.05, 3.63) is 0 Å². The molecule has 0 radical (unpaired) electrons. The van der Waals surface area contributed by atoms with Crippen LogP contribution in [0.3, 0.4) is 0 Å². The van der Waals surface area contributed by atoms with Gasteiger partial charge in [0.25, 0.3) is 0 Å². The van der Waals surface area contributed by atoms with E-state index in [1.54, 1.807) is 0 Å². The minimum atomic E-state index is -0.615. The number of hydrogen-bond donors (Lipinski definition) is 2. The third-order valence-corrected chi connectivity index (χ3v) is 2.37. The average Bonchev–Trinajstić information content (AvgIpc) is 2.27. The summed E-state index contributed by atoms with van der Waals surface area (Å²) in [4.78, 5) is 26.1. The van der Waals surface area contributed by atoms with Gasteiger partial charge in [0, 0.05) is 13.0 Å². The van der Waals surface area contributed by atoms with Crippen LogP contribution in [0.1, 0.15) is 32.1 Å². The molecule has 1 fully saturated rings. The second-order valence-electron chi connectivity index (χ2n) is 3.81. The van der Waals surface area contributed by atoms with Gasteiger partial charge in [-0.1, -0.05) is 0 Å². The number of hydrogen-bond acceptors (Lipinski definition) is 4. The van der Waals surface area contributed by atoms with E-state index in [9.17, 15) is 9.59 Å². The summed E-state index contributed by atoms with van der Waals surface area (Å²) in [5.41, 5.74) is 6.99. The first kappa shape index (κ1) is 12.9. The van der Waals surface area contributed by atoms with Crippen molar-refractivity contribution < 1.29 is 19.2 Å². The monoisotopic (exact) mass is 230 g/mol. The summed E-state index contributed by atoms with van der Waals surface area (Å²) in [6.45, 7) is 0.482. The van der Waals surface area contributed by atoms with Crippen molar-refractivity contribution in [2.24, 2.45) is 5.73 Å². The number of carbonyl (C=O) groups is 2. The highest BCUT2D eigenvalue weighted by Gasteiger charge is 2.15. The Morgan fingerprint density at radius 1 is 1.44 bits per heavy atom. The predicted octanol–water partition coefficient (Wildman–Crippen LogP) is -0.131. The molecule has 0 aromatic rings. The molecule has 6 nitrogen and oxygen atoms in total. The second-order valence-corrected chi connectivity index (χ2v) is 3.81. The Labute approximate surface area is 94.4 Å². The molecule has 16 heavy (non-hydrogen) atoms. The van der Waals surface area contributed by atoms with Crippen LogP contribution in [0.15, 0.2) is 0 Å². The number of rotatable bonds is 6. The fraction of sp³-hybridized carbons (Fsp3) is 0.800. The van der Waals surface area contributed by atoms with Gasteiger partial charge in [-0.15, -0.1) is 0 Å². The van der Waals surface area contributed by atoms with Gasteiger partial charge in [-0.25, -0.2) is 5.48 Å². The molecule has 0 spiro atoms. The molecule has 1 rings (SSSR count). The zero-order valence-electron chi connectivity index (χ0n) is 9.24. The van der Waals surface area contributed by atoms with Gasteiger partial charge in [0.1, 0.15) is 0 Å². The Morgan fingerprint density at radius 3 is 2.88 bits per heavy atom. The molecular weight excluding hydrogens is 212 g/mol. The molecule has 92 valence electrons. The zero-order chi connectivity index (χ0) is 11.8. The highest BCUT2D eigenvalue weighted by molar-refractivity contribution is 5.76. The Bertz CT molecular complexity index is 239. The molecule has 3 N–H and O–H groups in total. The number of nitrogens with two attached hydrogens (primary N) is 1. The van der Waals surface area contributed by atoms with Crippen LogP contribution in [-0.4, -0.2) is 31.1 Å². The fourth-order valence-electron chi connectivity index (χ4n) is 1.57. The second kappa shape index (κ2) is 7.19. The lowest BCUT2D eigenvalue weighted by Gasteiger charge is -2.22. The quantitative estimate of drug-likeness (QED) is 0.622. The SMILES string of the molecule is NC(=O)CONC(=O)CCC1CCCCO1. The topological polar surface area (TPSA) is 90.7 Å². The van der Waals surface area contributed by atoms with Crippen LogP contribution in [0, 0.1) is 0 Å². The number of carbonyl (C=O) groups excluding carboxylic acids is 2. The molecule has 0 bridgehead atoms. The van der Waals surface area contributed by atoms with E-state index >= 15 is 0 Å². The van der Waals surface area contributed by atoms with Crippen LogP contribution in [0.2, 0.25) is 0 Å². The van der Waals surface area contributed by atoms with E-state index in [2.05, 4.69) is 10.3 Å².